The van der Waals surface area contributed by atoms with Crippen molar-refractivity contribution < 1.29 is 0 Å². The third-order valence-electron chi connectivity index (χ3n) is 3.62. The number of hydrogen-bond acceptors (Lipinski definition) is 2. The van der Waals surface area contributed by atoms with Crippen molar-refractivity contribution in [2.75, 3.05) is 14.1 Å². The molecule has 1 unspecified atom stereocenters. The van der Waals surface area contributed by atoms with Gasteiger partial charge in [-0.15, -0.1) is 0 Å². The second-order valence-electron chi connectivity index (χ2n) is 5.91. The van der Waals surface area contributed by atoms with Crippen molar-refractivity contribution >= 4 is 0 Å². The van der Waals surface area contributed by atoms with Gasteiger partial charge in [0.25, 0.3) is 0 Å². The molecule has 0 heterocycles. The predicted octanol–water partition coefficient (Wildman–Crippen LogP) is 2.95. The highest BCUT2D eigenvalue weighted by Gasteiger charge is 2.30. The third-order valence-corrected chi connectivity index (χ3v) is 3.62. The summed E-state index contributed by atoms with van der Waals surface area (Å²) in [4.78, 5) is 2.21. The lowest BCUT2D eigenvalue weighted by Crippen LogP contribution is -2.46. The number of nitrogens with two attached hydrogens (primary N) is 1. The molecule has 0 fully saturated rings. The number of aryl methyl sites for hydroxylation is 1. The molecule has 1 aromatic rings. The van der Waals surface area contributed by atoms with Gasteiger partial charge >= 0.3 is 0 Å². The van der Waals surface area contributed by atoms with Crippen molar-refractivity contribution in [2.24, 2.45) is 5.73 Å². The summed E-state index contributed by atoms with van der Waals surface area (Å²) in [5, 5.41) is 0. The van der Waals surface area contributed by atoms with Crippen LogP contribution in [0.3, 0.4) is 0 Å². The standard InChI is InChI=1S/C15H26N2/c1-10-8-9-13(12(3)11(10)2)14(17(6)7)15(4,5)16/h8-9,14H,16H2,1-7H3. The first-order valence-corrected chi connectivity index (χ1v) is 6.18. The van der Waals surface area contributed by atoms with E-state index < -0.39 is 0 Å². The highest BCUT2D eigenvalue weighted by molar-refractivity contribution is 5.41. The van der Waals surface area contributed by atoms with E-state index >= 15 is 0 Å². The van der Waals surface area contributed by atoms with Crippen LogP contribution in [0.15, 0.2) is 12.1 Å². The lowest BCUT2D eigenvalue weighted by molar-refractivity contribution is 0.204. The normalized spacial score (nSPS) is 14.2. The Hall–Kier alpha value is -0.860. The minimum absolute atomic E-state index is 0.238. The molecule has 0 saturated carbocycles. The van der Waals surface area contributed by atoms with Crippen molar-refractivity contribution in [3.05, 3.63) is 34.4 Å². The van der Waals surface area contributed by atoms with Crippen molar-refractivity contribution in [1.82, 2.24) is 4.90 Å². The summed E-state index contributed by atoms with van der Waals surface area (Å²) in [7, 11) is 4.18. The number of nitrogens with zero attached hydrogens (tertiary/aromatic N) is 1. The Morgan fingerprint density at radius 3 is 2.00 bits per heavy atom. The van der Waals surface area contributed by atoms with Crippen LogP contribution in [-0.4, -0.2) is 24.5 Å². The summed E-state index contributed by atoms with van der Waals surface area (Å²) in [6.45, 7) is 10.7. The Labute approximate surface area is 106 Å². The molecule has 1 atom stereocenters. The molecule has 2 heteroatoms. The van der Waals surface area contributed by atoms with Gasteiger partial charge in [0.15, 0.2) is 0 Å². The number of rotatable bonds is 3. The Morgan fingerprint density at radius 2 is 1.59 bits per heavy atom. The highest BCUT2D eigenvalue weighted by atomic mass is 15.1. The van der Waals surface area contributed by atoms with Crippen LogP contribution in [0.5, 0.6) is 0 Å². The maximum Gasteiger partial charge on any atom is 0.0520 e. The van der Waals surface area contributed by atoms with Crippen LogP contribution in [0.2, 0.25) is 0 Å². The molecule has 0 spiro atoms. The van der Waals surface area contributed by atoms with Crippen LogP contribution in [-0.2, 0) is 0 Å². The summed E-state index contributed by atoms with van der Waals surface area (Å²) in [6.07, 6.45) is 0. The van der Waals surface area contributed by atoms with Gasteiger partial charge in [0.2, 0.25) is 0 Å². The first-order chi connectivity index (χ1) is 7.66. The summed E-state index contributed by atoms with van der Waals surface area (Å²) >= 11 is 0. The molecule has 1 rings (SSSR count). The zero-order valence-electron chi connectivity index (χ0n) is 12.3. The van der Waals surface area contributed by atoms with Gasteiger partial charge in [0.05, 0.1) is 6.04 Å². The Morgan fingerprint density at radius 1 is 1.06 bits per heavy atom. The quantitative estimate of drug-likeness (QED) is 0.871. The van der Waals surface area contributed by atoms with Gasteiger partial charge < -0.3 is 10.6 Å². The second kappa shape index (κ2) is 4.79. The Balaban J connectivity index is 3.35. The number of likely N-dealkylation sites (N-methyl/N-ethyl adjacent to an activating group) is 1. The van der Waals surface area contributed by atoms with Crippen LogP contribution in [0, 0.1) is 20.8 Å². The first kappa shape index (κ1) is 14.2. The SMILES string of the molecule is Cc1ccc(C(N(C)C)C(C)(C)N)c(C)c1C. The van der Waals surface area contributed by atoms with E-state index in [1.165, 1.54) is 22.3 Å². The molecule has 0 saturated heterocycles. The van der Waals surface area contributed by atoms with Crippen molar-refractivity contribution in [3.63, 3.8) is 0 Å². The maximum atomic E-state index is 6.33. The van der Waals surface area contributed by atoms with E-state index in [9.17, 15) is 0 Å². The largest absolute Gasteiger partial charge is 0.324 e. The summed E-state index contributed by atoms with van der Waals surface area (Å²) < 4.78 is 0. The number of hydrogen-bond donors (Lipinski definition) is 1. The molecule has 2 nitrogen and oxygen atoms in total. The second-order valence-corrected chi connectivity index (χ2v) is 5.91. The molecule has 0 bridgehead atoms. The van der Waals surface area contributed by atoms with Crippen molar-refractivity contribution in [2.45, 2.75) is 46.2 Å². The average Bonchev–Trinajstić information content (AvgIpc) is 2.16. The third kappa shape index (κ3) is 2.88. The van der Waals surface area contributed by atoms with Crippen molar-refractivity contribution in [1.29, 1.82) is 0 Å². The fourth-order valence-electron chi connectivity index (χ4n) is 2.62. The van der Waals surface area contributed by atoms with Crippen LogP contribution >= 0.6 is 0 Å². The smallest absolute Gasteiger partial charge is 0.0520 e. The molecule has 0 aliphatic heterocycles. The number of benzene rings is 1. The Bertz CT molecular complexity index is 400. The monoisotopic (exact) mass is 234 g/mol. The molecule has 0 amide bonds. The molecule has 0 aromatic heterocycles. The van der Waals surface area contributed by atoms with Crippen LogP contribution in [0.4, 0.5) is 0 Å². The molecule has 0 radical (unpaired) electrons. The Kier molecular flexibility index (Phi) is 4.00. The predicted molar refractivity (Wildman–Crippen MR) is 75.3 cm³/mol. The molecule has 96 valence electrons. The molecular formula is C15H26N2. The van der Waals surface area contributed by atoms with E-state index in [2.05, 4.69) is 65.7 Å². The minimum Gasteiger partial charge on any atom is -0.324 e. The van der Waals surface area contributed by atoms with Gasteiger partial charge in [-0.05, 0) is 71.0 Å². The van der Waals surface area contributed by atoms with Gasteiger partial charge in [-0.1, -0.05) is 12.1 Å². The molecule has 1 aromatic carbocycles. The molecule has 2 N–H and O–H groups in total. The van der Waals surface area contributed by atoms with E-state index in [0.29, 0.717) is 0 Å². The minimum atomic E-state index is -0.254. The lowest BCUT2D eigenvalue weighted by atomic mass is 9.84. The summed E-state index contributed by atoms with van der Waals surface area (Å²) in [5.74, 6) is 0. The fourth-order valence-corrected chi connectivity index (χ4v) is 2.62. The van der Waals surface area contributed by atoms with Crippen LogP contribution in [0.1, 0.15) is 42.1 Å². The van der Waals surface area contributed by atoms with Crippen LogP contribution < -0.4 is 5.73 Å². The highest BCUT2D eigenvalue weighted by Crippen LogP contribution is 2.32. The topological polar surface area (TPSA) is 29.3 Å². The molecular weight excluding hydrogens is 208 g/mol. The first-order valence-electron chi connectivity index (χ1n) is 6.18. The van der Waals surface area contributed by atoms with E-state index in [4.69, 9.17) is 5.73 Å². The zero-order chi connectivity index (χ0) is 13.4. The summed E-state index contributed by atoms with van der Waals surface area (Å²) in [5.41, 5.74) is 11.5. The fraction of sp³-hybridized carbons (Fsp3) is 0.600. The van der Waals surface area contributed by atoms with Gasteiger partial charge in [-0.3, -0.25) is 0 Å². The van der Waals surface area contributed by atoms with E-state index in [0.717, 1.165) is 0 Å². The average molecular weight is 234 g/mol. The van der Waals surface area contributed by atoms with Gasteiger partial charge in [0, 0.05) is 5.54 Å². The van der Waals surface area contributed by atoms with Crippen LogP contribution in [0.25, 0.3) is 0 Å². The van der Waals surface area contributed by atoms with Gasteiger partial charge in [-0.25, -0.2) is 0 Å². The van der Waals surface area contributed by atoms with E-state index in [1.54, 1.807) is 0 Å². The maximum absolute atomic E-state index is 6.33. The van der Waals surface area contributed by atoms with E-state index in [-0.39, 0.29) is 11.6 Å². The lowest BCUT2D eigenvalue weighted by Gasteiger charge is -2.37. The van der Waals surface area contributed by atoms with E-state index in [1.807, 2.05) is 0 Å². The zero-order valence-corrected chi connectivity index (χ0v) is 12.3. The van der Waals surface area contributed by atoms with Gasteiger partial charge in [0.1, 0.15) is 0 Å². The molecule has 0 aliphatic rings. The molecule has 17 heavy (non-hydrogen) atoms. The van der Waals surface area contributed by atoms with Crippen molar-refractivity contribution in [3.8, 4) is 0 Å². The molecule has 0 aliphatic carbocycles. The summed E-state index contributed by atoms with van der Waals surface area (Å²) in [6, 6.07) is 4.65. The van der Waals surface area contributed by atoms with Gasteiger partial charge in [-0.2, -0.15) is 0 Å².